The Balaban J connectivity index is 1.27. The monoisotopic (exact) mass is 479 g/mol. The average molecular weight is 480 g/mol. The highest BCUT2D eigenvalue weighted by molar-refractivity contribution is 7.91. The number of amides is 3. The Morgan fingerprint density at radius 2 is 2.03 bits per heavy atom. The largest absolute Gasteiger partial charge is 0.611 e. The fraction of sp³-hybridized carbons (Fsp3) is 0.579. The van der Waals surface area contributed by atoms with Gasteiger partial charge in [-0.05, 0) is 35.8 Å². The van der Waals surface area contributed by atoms with Crippen LogP contribution >= 0.6 is 11.6 Å². The molecule has 3 fully saturated rings. The van der Waals surface area contributed by atoms with Gasteiger partial charge in [0.15, 0.2) is 4.90 Å². The third kappa shape index (κ3) is 4.89. The highest BCUT2D eigenvalue weighted by Gasteiger charge is 2.41. The van der Waals surface area contributed by atoms with Crippen LogP contribution in [0.15, 0.2) is 23.1 Å². The zero-order chi connectivity index (χ0) is 22.3. The summed E-state index contributed by atoms with van der Waals surface area (Å²) in [6, 6.07) is 2.43. The maximum Gasteiger partial charge on any atom is 0.416 e. The molecule has 1 aromatic carbocycles. The number of hydrogen-bond donors (Lipinski definition) is 1. The minimum absolute atomic E-state index is 0.0293. The molecule has 170 valence electrons. The van der Waals surface area contributed by atoms with Crippen LogP contribution in [0.2, 0.25) is 5.02 Å². The van der Waals surface area contributed by atoms with Crippen LogP contribution < -0.4 is 5.32 Å². The molecule has 0 saturated carbocycles. The topological polar surface area (TPSA) is 84.9 Å². The van der Waals surface area contributed by atoms with Crippen molar-refractivity contribution in [2.75, 3.05) is 38.5 Å². The molecule has 12 heteroatoms. The summed E-state index contributed by atoms with van der Waals surface area (Å²) in [5, 5.41) is 2.67. The van der Waals surface area contributed by atoms with Gasteiger partial charge in [-0.1, -0.05) is 11.6 Å². The minimum atomic E-state index is -4.51. The summed E-state index contributed by atoms with van der Waals surface area (Å²) in [6.45, 7) is 1.78. The van der Waals surface area contributed by atoms with Gasteiger partial charge in [-0.25, -0.2) is 4.79 Å². The van der Waals surface area contributed by atoms with Crippen molar-refractivity contribution in [3.8, 4) is 0 Å². The first-order chi connectivity index (χ1) is 14.6. The quantitative estimate of drug-likeness (QED) is 0.673. The lowest BCUT2D eigenvalue weighted by Crippen LogP contribution is -2.64. The Bertz CT molecular complexity index is 868. The van der Waals surface area contributed by atoms with Gasteiger partial charge in [0.1, 0.15) is 12.4 Å². The first-order valence-corrected chi connectivity index (χ1v) is 11.5. The van der Waals surface area contributed by atoms with Gasteiger partial charge in [0.2, 0.25) is 5.91 Å². The molecule has 0 aromatic heterocycles. The molecule has 3 saturated heterocycles. The molecule has 0 spiro atoms. The number of rotatable bonds is 3. The van der Waals surface area contributed by atoms with E-state index in [2.05, 4.69) is 5.32 Å². The third-order valence-electron chi connectivity index (χ3n) is 5.71. The molecule has 7 nitrogen and oxygen atoms in total. The van der Waals surface area contributed by atoms with Crippen LogP contribution in [0, 0.1) is 5.92 Å². The number of nitrogens with one attached hydrogen (secondary N) is 1. The highest BCUT2D eigenvalue weighted by atomic mass is 35.5. The molecule has 3 heterocycles. The van der Waals surface area contributed by atoms with Crippen LogP contribution in [0.5, 0.6) is 0 Å². The lowest BCUT2D eigenvalue weighted by Gasteiger charge is -2.46. The Morgan fingerprint density at radius 3 is 2.71 bits per heavy atom. The molecule has 1 unspecified atom stereocenters. The fourth-order valence-corrected chi connectivity index (χ4v) is 5.82. The summed E-state index contributed by atoms with van der Waals surface area (Å²) in [5.74, 6) is -0.00826. The smallest absolute Gasteiger partial charge is 0.416 e. The number of morpholine rings is 1. The number of hydrogen-bond acceptors (Lipinski definition) is 4. The average Bonchev–Trinajstić information content (AvgIpc) is 2.68. The number of fused-ring (bicyclic) bond motifs is 1. The van der Waals surface area contributed by atoms with Gasteiger partial charge >= 0.3 is 12.2 Å². The molecule has 3 aliphatic rings. The van der Waals surface area contributed by atoms with Gasteiger partial charge in [0.25, 0.3) is 0 Å². The second kappa shape index (κ2) is 8.68. The zero-order valence-electron chi connectivity index (χ0n) is 16.4. The van der Waals surface area contributed by atoms with E-state index in [1.165, 1.54) is 0 Å². The molecular formula is C19H21ClF3N3O4S. The number of halogens is 4. The molecule has 1 N–H and O–H groups in total. The van der Waals surface area contributed by atoms with Crippen LogP contribution in [0.1, 0.15) is 12.0 Å². The number of nitrogens with zero attached hydrogens (tertiary/aromatic N) is 2. The second-order valence-electron chi connectivity index (χ2n) is 7.97. The molecule has 0 bridgehead atoms. The number of benzene rings is 1. The summed E-state index contributed by atoms with van der Waals surface area (Å²) in [7, 11) is 0. The van der Waals surface area contributed by atoms with Crippen molar-refractivity contribution in [1.29, 1.82) is 0 Å². The second-order valence-corrected chi connectivity index (χ2v) is 9.84. The number of carbonyl (C=O) groups excluding carboxylic acids is 2. The summed E-state index contributed by atoms with van der Waals surface area (Å²) in [6.07, 6.45) is -3.95. The summed E-state index contributed by atoms with van der Waals surface area (Å²) in [4.78, 5) is 27.7. The Hall–Kier alpha value is -1.69. The van der Waals surface area contributed by atoms with Crippen molar-refractivity contribution in [1.82, 2.24) is 15.1 Å². The highest BCUT2D eigenvalue weighted by Crippen LogP contribution is 2.34. The number of urea groups is 1. The van der Waals surface area contributed by atoms with E-state index in [0.717, 1.165) is 18.2 Å². The third-order valence-corrected chi connectivity index (χ3v) is 7.76. The number of piperidine rings is 1. The van der Waals surface area contributed by atoms with Gasteiger partial charge in [-0.3, -0.25) is 4.79 Å². The number of alkyl halides is 3. The fourth-order valence-electron chi connectivity index (χ4n) is 4.07. The first kappa shape index (κ1) is 22.5. The number of ether oxygens (including phenoxy) is 1. The normalized spacial score (nSPS) is 25.5. The maximum absolute atomic E-state index is 12.8. The van der Waals surface area contributed by atoms with Crippen molar-refractivity contribution >= 4 is 34.7 Å². The molecule has 4 rings (SSSR count). The van der Waals surface area contributed by atoms with E-state index in [-0.39, 0.29) is 52.3 Å². The molecule has 0 aliphatic carbocycles. The lowest BCUT2D eigenvalue weighted by molar-refractivity contribution is -0.140. The molecule has 3 aliphatic heterocycles. The number of carbonyl (C=O) groups is 2. The van der Waals surface area contributed by atoms with Crippen LogP contribution in [-0.2, 0) is 26.9 Å². The van der Waals surface area contributed by atoms with Gasteiger partial charge < -0.3 is 24.4 Å². The minimum Gasteiger partial charge on any atom is -0.611 e. The Kier molecular flexibility index (Phi) is 6.30. The van der Waals surface area contributed by atoms with Gasteiger partial charge in [0.05, 0.1) is 22.7 Å². The molecule has 1 aromatic rings. The molecule has 3 amide bonds. The Labute approximate surface area is 185 Å². The van der Waals surface area contributed by atoms with Crippen molar-refractivity contribution in [2.45, 2.75) is 29.6 Å². The van der Waals surface area contributed by atoms with Crippen molar-refractivity contribution < 1.29 is 32.0 Å². The summed E-state index contributed by atoms with van der Waals surface area (Å²) < 4.78 is 56.3. The van der Waals surface area contributed by atoms with Crippen molar-refractivity contribution in [3.05, 3.63) is 28.8 Å². The van der Waals surface area contributed by atoms with Gasteiger partial charge in [-0.15, -0.1) is 0 Å². The molecule has 31 heavy (non-hydrogen) atoms. The Morgan fingerprint density at radius 1 is 1.29 bits per heavy atom. The van der Waals surface area contributed by atoms with Crippen molar-refractivity contribution in [2.24, 2.45) is 5.92 Å². The van der Waals surface area contributed by atoms with Gasteiger partial charge in [-0.2, -0.15) is 13.2 Å². The van der Waals surface area contributed by atoms with E-state index in [0.29, 0.717) is 32.6 Å². The van der Waals surface area contributed by atoms with E-state index >= 15 is 0 Å². The maximum atomic E-state index is 12.8. The van der Waals surface area contributed by atoms with Crippen LogP contribution in [0.4, 0.5) is 18.0 Å². The van der Waals surface area contributed by atoms with Crippen LogP contribution in [-0.4, -0.2) is 77.0 Å². The van der Waals surface area contributed by atoms with E-state index in [1.807, 2.05) is 0 Å². The van der Waals surface area contributed by atoms with E-state index in [9.17, 15) is 27.3 Å². The van der Waals surface area contributed by atoms with Crippen LogP contribution in [0.25, 0.3) is 0 Å². The molecule has 0 radical (unpaired) electrons. The lowest BCUT2D eigenvalue weighted by atomic mass is 9.99. The van der Waals surface area contributed by atoms with Crippen LogP contribution in [0.3, 0.4) is 0 Å². The number of likely N-dealkylation sites (tertiary alicyclic amines) is 2. The predicted molar refractivity (Wildman–Crippen MR) is 106 cm³/mol. The SMILES string of the molecule is O=C1CO[C@H]2CCN(C(=O)N3CC(C[S+]([O-])c4ccc(C(F)(F)F)cc4Cl)C3)C[C@H]2N1. The van der Waals surface area contributed by atoms with Crippen molar-refractivity contribution in [3.63, 3.8) is 0 Å². The van der Waals surface area contributed by atoms with E-state index in [4.69, 9.17) is 16.3 Å². The molecular weight excluding hydrogens is 459 g/mol. The summed E-state index contributed by atoms with van der Waals surface area (Å²) >= 11 is 4.35. The summed E-state index contributed by atoms with van der Waals surface area (Å²) in [5.41, 5.74) is -0.887. The molecule has 3 atom stereocenters. The zero-order valence-corrected chi connectivity index (χ0v) is 17.9. The standard InChI is InChI=1S/C19H21ClF3N3O4S/c20-13-5-12(19(21,22)23)1-2-16(13)31(29)10-11-6-26(7-11)18(28)25-4-3-15-14(8-25)24-17(27)9-30-15/h1-2,5,11,14-15H,3-4,6-10H2,(H,24,27)/t14-,15+,31?/m1/s1. The first-order valence-electron chi connectivity index (χ1n) is 9.81. The predicted octanol–water partition coefficient (Wildman–Crippen LogP) is 2.11. The van der Waals surface area contributed by atoms with Gasteiger partial charge in [0, 0.05) is 32.1 Å². The van der Waals surface area contributed by atoms with E-state index < -0.39 is 22.9 Å². The van der Waals surface area contributed by atoms with E-state index in [1.54, 1.807) is 9.80 Å².